The van der Waals surface area contributed by atoms with Gasteiger partial charge in [-0.2, -0.15) is 0 Å². The normalized spacial score (nSPS) is 10.9. The Morgan fingerprint density at radius 3 is 2.21 bits per heavy atom. The molecule has 0 aliphatic heterocycles. The maximum absolute atomic E-state index is 13.6. The Labute approximate surface area is 233 Å². The van der Waals surface area contributed by atoms with Gasteiger partial charge in [0.2, 0.25) is 6.41 Å². The van der Waals surface area contributed by atoms with Crippen molar-refractivity contribution < 1.29 is 18.7 Å². The molecule has 0 fully saturated rings. The van der Waals surface area contributed by atoms with E-state index in [9.17, 15) is 9.59 Å². The SMILES string of the molecule is CCCCc1oc2ccc(NC=O)cc2c1C(=O)c1ccc(OCCCN(CCCC)CCCC)cc1.Cl. The zero-order chi connectivity index (χ0) is 26.5. The van der Waals surface area contributed by atoms with E-state index in [1.54, 1.807) is 18.2 Å². The van der Waals surface area contributed by atoms with Crippen LogP contribution < -0.4 is 10.1 Å². The molecule has 208 valence electrons. The van der Waals surface area contributed by atoms with Gasteiger partial charge in [0.15, 0.2) is 5.78 Å². The van der Waals surface area contributed by atoms with E-state index in [-0.39, 0.29) is 18.2 Å². The largest absolute Gasteiger partial charge is 0.494 e. The van der Waals surface area contributed by atoms with Crippen molar-refractivity contribution in [3.05, 3.63) is 59.4 Å². The predicted octanol–water partition coefficient (Wildman–Crippen LogP) is 7.67. The Bertz CT molecular complexity index is 1120. The van der Waals surface area contributed by atoms with Gasteiger partial charge in [0.05, 0.1) is 12.2 Å². The van der Waals surface area contributed by atoms with Crippen LogP contribution in [0.1, 0.15) is 87.4 Å². The molecular weight excluding hydrogens is 500 g/mol. The fourth-order valence-electron chi connectivity index (χ4n) is 4.49. The molecule has 2 aromatic carbocycles. The Hall–Kier alpha value is -2.83. The van der Waals surface area contributed by atoms with Gasteiger partial charge in [0.25, 0.3) is 0 Å². The van der Waals surface area contributed by atoms with Crippen molar-refractivity contribution in [1.29, 1.82) is 0 Å². The molecule has 0 radical (unpaired) electrons. The minimum absolute atomic E-state index is 0. The zero-order valence-electron chi connectivity index (χ0n) is 23.1. The summed E-state index contributed by atoms with van der Waals surface area (Å²) in [5.74, 6) is 1.38. The van der Waals surface area contributed by atoms with Crippen LogP contribution in [0, 0.1) is 0 Å². The van der Waals surface area contributed by atoms with Crippen LogP contribution in [0.25, 0.3) is 11.0 Å². The van der Waals surface area contributed by atoms with Crippen LogP contribution in [0.5, 0.6) is 5.75 Å². The number of unbranched alkanes of at least 4 members (excludes halogenated alkanes) is 3. The van der Waals surface area contributed by atoms with Gasteiger partial charge in [-0.15, -0.1) is 12.4 Å². The van der Waals surface area contributed by atoms with E-state index >= 15 is 0 Å². The van der Waals surface area contributed by atoms with Gasteiger partial charge in [-0.1, -0.05) is 40.0 Å². The number of halogens is 1. The highest BCUT2D eigenvalue weighted by molar-refractivity contribution is 6.17. The molecule has 0 aliphatic carbocycles. The van der Waals surface area contributed by atoms with Crippen molar-refractivity contribution in [3.63, 3.8) is 0 Å². The molecule has 0 unspecified atom stereocenters. The minimum Gasteiger partial charge on any atom is -0.494 e. The number of benzene rings is 2. The van der Waals surface area contributed by atoms with E-state index in [4.69, 9.17) is 9.15 Å². The number of anilines is 1. The van der Waals surface area contributed by atoms with Crippen LogP contribution in [-0.2, 0) is 11.2 Å². The first kappa shape index (κ1) is 31.4. The summed E-state index contributed by atoms with van der Waals surface area (Å²) >= 11 is 0. The van der Waals surface area contributed by atoms with Gasteiger partial charge in [-0.05, 0) is 81.2 Å². The van der Waals surface area contributed by atoms with E-state index in [1.165, 1.54) is 25.7 Å². The lowest BCUT2D eigenvalue weighted by Crippen LogP contribution is -2.28. The molecule has 0 saturated heterocycles. The number of ketones is 1. The fraction of sp³-hybridized carbons (Fsp3) is 0.484. The van der Waals surface area contributed by atoms with E-state index in [0.29, 0.717) is 47.6 Å². The second-order valence-corrected chi connectivity index (χ2v) is 9.58. The molecule has 1 aromatic heterocycles. The first-order chi connectivity index (χ1) is 18.1. The van der Waals surface area contributed by atoms with Gasteiger partial charge < -0.3 is 19.4 Å². The molecule has 0 aliphatic rings. The van der Waals surface area contributed by atoms with Crippen LogP contribution >= 0.6 is 12.4 Å². The van der Waals surface area contributed by atoms with Crippen molar-refractivity contribution in [2.24, 2.45) is 0 Å². The Morgan fingerprint density at radius 2 is 1.58 bits per heavy atom. The number of amides is 1. The minimum atomic E-state index is -0.0813. The van der Waals surface area contributed by atoms with Gasteiger partial charge in [0.1, 0.15) is 17.1 Å². The van der Waals surface area contributed by atoms with Crippen molar-refractivity contribution in [3.8, 4) is 5.75 Å². The summed E-state index contributed by atoms with van der Waals surface area (Å²) in [4.78, 5) is 27.1. The second kappa shape index (κ2) is 16.9. The number of aryl methyl sites for hydroxylation is 1. The molecule has 3 aromatic rings. The molecule has 1 amide bonds. The van der Waals surface area contributed by atoms with Crippen molar-refractivity contribution >= 4 is 41.3 Å². The van der Waals surface area contributed by atoms with Crippen molar-refractivity contribution in [1.82, 2.24) is 4.90 Å². The van der Waals surface area contributed by atoms with Crippen LogP contribution in [0.15, 0.2) is 46.9 Å². The smallest absolute Gasteiger partial charge is 0.211 e. The zero-order valence-corrected chi connectivity index (χ0v) is 23.9. The third-order valence-corrected chi connectivity index (χ3v) is 6.63. The predicted molar refractivity (Wildman–Crippen MR) is 158 cm³/mol. The van der Waals surface area contributed by atoms with Gasteiger partial charge in [-0.3, -0.25) is 9.59 Å². The molecule has 0 saturated carbocycles. The summed E-state index contributed by atoms with van der Waals surface area (Å²) in [5, 5.41) is 3.38. The first-order valence-corrected chi connectivity index (χ1v) is 13.9. The summed E-state index contributed by atoms with van der Waals surface area (Å²) in [6, 6.07) is 12.8. The number of hydrogen-bond acceptors (Lipinski definition) is 5. The molecule has 0 spiro atoms. The average Bonchev–Trinajstić information content (AvgIpc) is 3.28. The molecule has 1 N–H and O–H groups in total. The lowest BCUT2D eigenvalue weighted by atomic mass is 9.98. The van der Waals surface area contributed by atoms with E-state index in [1.807, 2.05) is 24.3 Å². The Balaban J connectivity index is 0.00000507. The molecule has 0 atom stereocenters. The van der Waals surface area contributed by atoms with E-state index in [2.05, 4.69) is 31.0 Å². The monoisotopic (exact) mass is 542 g/mol. The standard InChI is InChI=1S/C31H42N2O4.ClH/c1-4-7-11-29-30(27-22-25(32-23-34)14-17-28(27)37-29)31(35)24-12-15-26(16-13-24)36-21-10-20-33(18-8-5-2)19-9-6-3;/h12-17,22-23H,4-11,18-21H2,1-3H3,(H,32,34);1H. The maximum atomic E-state index is 13.6. The van der Waals surface area contributed by atoms with Gasteiger partial charge >= 0.3 is 0 Å². The van der Waals surface area contributed by atoms with Crippen LogP contribution in [0.4, 0.5) is 5.69 Å². The summed E-state index contributed by atoms with van der Waals surface area (Å²) in [5.41, 5.74) is 2.45. The third kappa shape index (κ3) is 8.88. The lowest BCUT2D eigenvalue weighted by Gasteiger charge is -2.21. The number of nitrogens with one attached hydrogen (secondary N) is 1. The highest BCUT2D eigenvalue weighted by atomic mass is 35.5. The molecular formula is C31H43ClN2O4. The van der Waals surface area contributed by atoms with Crippen molar-refractivity contribution in [2.45, 2.75) is 72.1 Å². The fourth-order valence-corrected chi connectivity index (χ4v) is 4.49. The summed E-state index contributed by atoms with van der Waals surface area (Å²) < 4.78 is 12.1. The van der Waals surface area contributed by atoms with Gasteiger partial charge in [-0.25, -0.2) is 0 Å². The summed E-state index contributed by atoms with van der Waals surface area (Å²) in [6.45, 7) is 10.6. The highest BCUT2D eigenvalue weighted by Crippen LogP contribution is 2.32. The molecule has 6 nitrogen and oxygen atoms in total. The topological polar surface area (TPSA) is 71.8 Å². The van der Waals surface area contributed by atoms with Gasteiger partial charge in [0, 0.05) is 29.6 Å². The van der Waals surface area contributed by atoms with Crippen LogP contribution in [0.2, 0.25) is 0 Å². The number of carbonyl (C=O) groups excluding carboxylic acids is 2. The lowest BCUT2D eigenvalue weighted by molar-refractivity contribution is -0.105. The Morgan fingerprint density at radius 1 is 0.921 bits per heavy atom. The molecule has 3 rings (SSSR count). The number of hydrogen-bond donors (Lipinski definition) is 1. The number of ether oxygens (including phenoxy) is 1. The Kier molecular flexibility index (Phi) is 14.0. The maximum Gasteiger partial charge on any atom is 0.211 e. The number of rotatable bonds is 18. The number of carbonyl (C=O) groups is 2. The van der Waals surface area contributed by atoms with E-state index < -0.39 is 0 Å². The molecule has 1 heterocycles. The first-order valence-electron chi connectivity index (χ1n) is 13.9. The highest BCUT2D eigenvalue weighted by Gasteiger charge is 2.22. The summed E-state index contributed by atoms with van der Waals surface area (Å²) in [7, 11) is 0. The molecule has 7 heteroatoms. The average molecular weight is 543 g/mol. The van der Waals surface area contributed by atoms with Crippen LogP contribution in [0.3, 0.4) is 0 Å². The number of fused-ring (bicyclic) bond motifs is 1. The van der Waals surface area contributed by atoms with E-state index in [0.717, 1.165) is 50.0 Å². The number of furan rings is 1. The number of nitrogens with zero attached hydrogens (tertiary/aromatic N) is 1. The third-order valence-electron chi connectivity index (χ3n) is 6.63. The summed E-state index contributed by atoms with van der Waals surface area (Å²) in [6.07, 6.45) is 9.15. The van der Waals surface area contributed by atoms with Crippen molar-refractivity contribution in [2.75, 3.05) is 31.6 Å². The molecule has 38 heavy (non-hydrogen) atoms. The second-order valence-electron chi connectivity index (χ2n) is 9.58. The molecule has 0 bridgehead atoms. The van der Waals surface area contributed by atoms with Crippen LogP contribution in [-0.4, -0.2) is 43.3 Å². The quantitative estimate of drug-likeness (QED) is 0.101.